The Morgan fingerprint density at radius 2 is 2.05 bits per heavy atom. The number of anilines is 1. The fraction of sp³-hybridized carbons (Fsp3) is 0.538. The van der Waals surface area contributed by atoms with Crippen LogP contribution in [0.3, 0.4) is 0 Å². The highest BCUT2D eigenvalue weighted by atomic mass is 32.2. The minimum atomic E-state index is -3.84. The van der Waals surface area contributed by atoms with E-state index in [-0.39, 0.29) is 5.69 Å². The van der Waals surface area contributed by atoms with Crippen molar-refractivity contribution in [1.29, 1.82) is 0 Å². The van der Waals surface area contributed by atoms with E-state index in [2.05, 4.69) is 10.0 Å². The molecule has 5 nitrogen and oxygen atoms in total. The molecule has 1 aromatic rings. The summed E-state index contributed by atoms with van der Waals surface area (Å²) in [6.07, 6.45) is 3.03. The Kier molecular flexibility index (Phi) is 5.13. The molecule has 0 heterocycles. The standard InChI is InChI=1S/C13H19F2N3O2S/c1-18(8-2-7-16-11-4-5-11)21(19,20)17-13-6-3-10(14)9-12(13)15/h3,6,9,11,16-17H,2,4-5,7-8H2,1H3. The SMILES string of the molecule is CN(CCCNC1CC1)S(=O)(=O)Nc1ccc(F)cc1F. The van der Waals surface area contributed by atoms with Gasteiger partial charge in [-0.2, -0.15) is 12.7 Å². The molecule has 0 aliphatic heterocycles. The number of halogens is 2. The lowest BCUT2D eigenvalue weighted by molar-refractivity contribution is 0.457. The average molecular weight is 319 g/mol. The molecule has 2 N–H and O–H groups in total. The first-order valence-electron chi connectivity index (χ1n) is 6.81. The Labute approximate surface area is 123 Å². The first-order valence-corrected chi connectivity index (χ1v) is 8.25. The number of benzene rings is 1. The normalized spacial score (nSPS) is 15.4. The van der Waals surface area contributed by atoms with Gasteiger partial charge in [0.1, 0.15) is 11.6 Å². The Bertz CT molecular complexity index is 591. The molecular formula is C13H19F2N3O2S. The van der Waals surface area contributed by atoms with Gasteiger partial charge in [-0.1, -0.05) is 0 Å². The first kappa shape index (κ1) is 16.1. The van der Waals surface area contributed by atoms with Crippen molar-refractivity contribution in [3.8, 4) is 0 Å². The van der Waals surface area contributed by atoms with Gasteiger partial charge in [0, 0.05) is 25.7 Å². The molecule has 1 fully saturated rings. The number of hydrogen-bond donors (Lipinski definition) is 2. The lowest BCUT2D eigenvalue weighted by Gasteiger charge is -2.18. The highest BCUT2D eigenvalue weighted by molar-refractivity contribution is 7.90. The highest BCUT2D eigenvalue weighted by Gasteiger charge is 2.21. The molecule has 118 valence electrons. The van der Waals surface area contributed by atoms with Gasteiger partial charge in [-0.05, 0) is 37.9 Å². The lowest BCUT2D eigenvalue weighted by atomic mass is 10.3. The number of nitrogens with zero attached hydrogens (tertiary/aromatic N) is 1. The van der Waals surface area contributed by atoms with Crippen LogP contribution in [0.2, 0.25) is 0 Å². The van der Waals surface area contributed by atoms with Crippen LogP contribution in [-0.4, -0.2) is 38.9 Å². The summed E-state index contributed by atoms with van der Waals surface area (Å²) in [6.45, 7) is 1.06. The molecule has 1 saturated carbocycles. The zero-order valence-electron chi connectivity index (χ0n) is 11.8. The van der Waals surface area contributed by atoms with Gasteiger partial charge in [-0.25, -0.2) is 8.78 Å². The molecule has 0 spiro atoms. The van der Waals surface area contributed by atoms with Crippen molar-refractivity contribution in [3.05, 3.63) is 29.8 Å². The summed E-state index contributed by atoms with van der Waals surface area (Å²) in [5.41, 5.74) is -0.264. The maximum atomic E-state index is 13.5. The maximum Gasteiger partial charge on any atom is 0.301 e. The molecule has 1 aliphatic carbocycles. The van der Waals surface area contributed by atoms with Gasteiger partial charge in [0.15, 0.2) is 0 Å². The van der Waals surface area contributed by atoms with Crippen molar-refractivity contribution in [2.75, 3.05) is 24.9 Å². The van der Waals surface area contributed by atoms with Gasteiger partial charge in [0.05, 0.1) is 5.69 Å². The fourth-order valence-electron chi connectivity index (χ4n) is 1.80. The van der Waals surface area contributed by atoms with Crippen LogP contribution in [0.25, 0.3) is 0 Å². The van der Waals surface area contributed by atoms with Crippen molar-refractivity contribution in [1.82, 2.24) is 9.62 Å². The van der Waals surface area contributed by atoms with Gasteiger partial charge < -0.3 is 5.32 Å². The minimum Gasteiger partial charge on any atom is -0.314 e. The molecule has 0 radical (unpaired) electrons. The highest BCUT2D eigenvalue weighted by Crippen LogP contribution is 2.19. The van der Waals surface area contributed by atoms with E-state index in [9.17, 15) is 17.2 Å². The Morgan fingerprint density at radius 3 is 2.67 bits per heavy atom. The van der Waals surface area contributed by atoms with Crippen LogP contribution in [0.15, 0.2) is 18.2 Å². The van der Waals surface area contributed by atoms with E-state index < -0.39 is 21.8 Å². The van der Waals surface area contributed by atoms with E-state index in [0.29, 0.717) is 25.1 Å². The maximum absolute atomic E-state index is 13.5. The van der Waals surface area contributed by atoms with Crippen LogP contribution in [0, 0.1) is 11.6 Å². The van der Waals surface area contributed by atoms with Crippen molar-refractivity contribution in [2.45, 2.75) is 25.3 Å². The predicted molar refractivity (Wildman–Crippen MR) is 77.2 cm³/mol. The summed E-state index contributed by atoms with van der Waals surface area (Å²) in [7, 11) is -2.42. The van der Waals surface area contributed by atoms with Gasteiger partial charge in [0.2, 0.25) is 0 Å². The predicted octanol–water partition coefficient (Wildman–Crippen LogP) is 1.70. The van der Waals surface area contributed by atoms with Gasteiger partial charge in [-0.3, -0.25) is 4.72 Å². The average Bonchev–Trinajstić information content (AvgIpc) is 3.22. The summed E-state index contributed by atoms with van der Waals surface area (Å²) in [6, 6.07) is 3.28. The summed E-state index contributed by atoms with van der Waals surface area (Å²) >= 11 is 0. The molecule has 1 aromatic carbocycles. The van der Waals surface area contributed by atoms with Gasteiger partial charge >= 0.3 is 10.2 Å². The third kappa shape index (κ3) is 4.90. The van der Waals surface area contributed by atoms with Crippen molar-refractivity contribution in [3.63, 3.8) is 0 Å². The molecule has 0 unspecified atom stereocenters. The quantitative estimate of drug-likeness (QED) is 0.717. The largest absolute Gasteiger partial charge is 0.314 e. The molecule has 2 rings (SSSR count). The molecule has 1 aliphatic rings. The van der Waals surface area contributed by atoms with Crippen LogP contribution in [-0.2, 0) is 10.2 Å². The molecule has 0 aromatic heterocycles. The van der Waals surface area contributed by atoms with Crippen LogP contribution in [0.5, 0.6) is 0 Å². The monoisotopic (exact) mass is 319 g/mol. The minimum absolute atomic E-state index is 0.264. The first-order chi connectivity index (χ1) is 9.88. The van der Waals surface area contributed by atoms with E-state index in [1.807, 2.05) is 0 Å². The van der Waals surface area contributed by atoms with Crippen molar-refractivity contribution < 1.29 is 17.2 Å². The smallest absolute Gasteiger partial charge is 0.301 e. The van der Waals surface area contributed by atoms with Crippen molar-refractivity contribution >= 4 is 15.9 Å². The zero-order valence-corrected chi connectivity index (χ0v) is 12.6. The topological polar surface area (TPSA) is 61.4 Å². The second-order valence-electron chi connectivity index (χ2n) is 5.13. The fourth-order valence-corrected chi connectivity index (χ4v) is 2.77. The third-order valence-electron chi connectivity index (χ3n) is 3.24. The van der Waals surface area contributed by atoms with E-state index in [1.54, 1.807) is 0 Å². The number of hydrogen-bond acceptors (Lipinski definition) is 3. The van der Waals surface area contributed by atoms with Crippen LogP contribution in [0.1, 0.15) is 19.3 Å². The number of nitrogens with one attached hydrogen (secondary N) is 2. The summed E-state index contributed by atoms with van der Waals surface area (Å²) in [5.74, 6) is -1.70. The van der Waals surface area contributed by atoms with Crippen LogP contribution in [0.4, 0.5) is 14.5 Å². The second kappa shape index (κ2) is 6.67. The van der Waals surface area contributed by atoms with Gasteiger partial charge in [0.25, 0.3) is 0 Å². The van der Waals surface area contributed by atoms with E-state index in [1.165, 1.54) is 19.9 Å². The zero-order chi connectivity index (χ0) is 15.5. The molecule has 0 amide bonds. The van der Waals surface area contributed by atoms with E-state index >= 15 is 0 Å². The molecule has 0 bridgehead atoms. The lowest BCUT2D eigenvalue weighted by Crippen LogP contribution is -2.35. The third-order valence-corrected chi connectivity index (χ3v) is 4.72. The Balaban J connectivity index is 1.86. The molecule has 0 atom stereocenters. The van der Waals surface area contributed by atoms with Crippen LogP contribution >= 0.6 is 0 Å². The summed E-state index contributed by atoms with van der Waals surface area (Å²) < 4.78 is 53.5. The van der Waals surface area contributed by atoms with E-state index in [4.69, 9.17) is 0 Å². The van der Waals surface area contributed by atoms with Gasteiger partial charge in [-0.15, -0.1) is 0 Å². The summed E-state index contributed by atoms with van der Waals surface area (Å²) in [4.78, 5) is 0. The molecular weight excluding hydrogens is 300 g/mol. The molecule has 8 heteroatoms. The van der Waals surface area contributed by atoms with Crippen LogP contribution < -0.4 is 10.0 Å². The number of rotatable bonds is 8. The Morgan fingerprint density at radius 1 is 1.33 bits per heavy atom. The Hall–Kier alpha value is -1.25. The van der Waals surface area contributed by atoms with Crippen molar-refractivity contribution in [2.24, 2.45) is 0 Å². The van der Waals surface area contributed by atoms with E-state index in [0.717, 1.165) is 23.0 Å². The molecule has 21 heavy (non-hydrogen) atoms. The second-order valence-corrected chi connectivity index (χ2v) is 6.91. The molecule has 0 saturated heterocycles. The summed E-state index contributed by atoms with van der Waals surface area (Å²) in [5, 5.41) is 3.28.